The number of hydrogen-bond donors (Lipinski definition) is 4. The van der Waals surface area contributed by atoms with Gasteiger partial charge < -0.3 is 22.1 Å². The predicted octanol–water partition coefficient (Wildman–Crippen LogP) is 0.694. The predicted molar refractivity (Wildman–Crippen MR) is 75.8 cm³/mol. The van der Waals surface area contributed by atoms with E-state index in [1.807, 2.05) is 13.8 Å². The van der Waals surface area contributed by atoms with Crippen molar-refractivity contribution >= 4 is 23.2 Å². The molecule has 0 spiro atoms. The zero-order chi connectivity index (χ0) is 14.6. The van der Waals surface area contributed by atoms with Gasteiger partial charge in [-0.15, -0.1) is 0 Å². The minimum absolute atomic E-state index is 0.163. The Bertz CT molecular complexity index is 497. The molecule has 2 amide bonds. The van der Waals surface area contributed by atoms with Crippen LogP contribution in [0.5, 0.6) is 0 Å². The summed E-state index contributed by atoms with van der Waals surface area (Å²) in [4.78, 5) is 22.6. The number of benzene rings is 1. The summed E-state index contributed by atoms with van der Waals surface area (Å²) in [5, 5.41) is 5.67. The van der Waals surface area contributed by atoms with Crippen molar-refractivity contribution in [2.24, 2.45) is 5.73 Å². The molecule has 0 saturated carbocycles. The number of rotatable bonds is 5. The van der Waals surface area contributed by atoms with Crippen molar-refractivity contribution in [1.29, 1.82) is 0 Å². The molecule has 0 heterocycles. The third kappa shape index (κ3) is 4.17. The fraction of sp³-hybridized carbons (Fsp3) is 0.385. The second-order valence-corrected chi connectivity index (χ2v) is 5.03. The van der Waals surface area contributed by atoms with Gasteiger partial charge in [0, 0.05) is 24.6 Å². The van der Waals surface area contributed by atoms with Crippen LogP contribution in [0.1, 0.15) is 30.6 Å². The van der Waals surface area contributed by atoms with Crippen LogP contribution in [-0.2, 0) is 4.79 Å². The number of carbonyl (C=O) groups is 2. The first-order valence-corrected chi connectivity index (χ1v) is 5.93. The Morgan fingerprint density at radius 1 is 1.32 bits per heavy atom. The SMILES string of the molecule is CNC(=O)c1ccc(N)c(NC(C)(C)CC(N)=O)c1. The lowest BCUT2D eigenvalue weighted by Crippen LogP contribution is -2.36. The van der Waals surface area contributed by atoms with Gasteiger partial charge in [-0.2, -0.15) is 0 Å². The van der Waals surface area contributed by atoms with E-state index in [-0.39, 0.29) is 12.3 Å². The van der Waals surface area contributed by atoms with Crippen LogP contribution in [0.15, 0.2) is 18.2 Å². The summed E-state index contributed by atoms with van der Waals surface area (Å²) in [6, 6.07) is 4.94. The Kier molecular flexibility index (Phi) is 4.37. The van der Waals surface area contributed by atoms with Gasteiger partial charge >= 0.3 is 0 Å². The first-order chi connectivity index (χ1) is 8.75. The molecule has 1 aromatic rings. The minimum Gasteiger partial charge on any atom is -0.397 e. The zero-order valence-electron chi connectivity index (χ0n) is 11.4. The highest BCUT2D eigenvalue weighted by Crippen LogP contribution is 2.25. The van der Waals surface area contributed by atoms with Crippen molar-refractivity contribution in [1.82, 2.24) is 5.32 Å². The Morgan fingerprint density at radius 3 is 2.47 bits per heavy atom. The first kappa shape index (κ1) is 14.8. The highest BCUT2D eigenvalue weighted by atomic mass is 16.1. The lowest BCUT2D eigenvalue weighted by Gasteiger charge is -2.27. The lowest BCUT2D eigenvalue weighted by atomic mass is 9.99. The molecule has 0 aliphatic heterocycles. The van der Waals surface area contributed by atoms with Crippen molar-refractivity contribution in [2.45, 2.75) is 25.8 Å². The fourth-order valence-corrected chi connectivity index (χ4v) is 1.79. The molecular weight excluding hydrogens is 244 g/mol. The Balaban J connectivity index is 3.00. The van der Waals surface area contributed by atoms with Crippen LogP contribution in [0.25, 0.3) is 0 Å². The molecule has 1 rings (SSSR count). The average molecular weight is 264 g/mol. The fourth-order valence-electron chi connectivity index (χ4n) is 1.79. The van der Waals surface area contributed by atoms with Gasteiger partial charge in [0.05, 0.1) is 11.4 Å². The van der Waals surface area contributed by atoms with Gasteiger partial charge in [0.2, 0.25) is 5.91 Å². The largest absolute Gasteiger partial charge is 0.397 e. The molecule has 6 N–H and O–H groups in total. The van der Waals surface area contributed by atoms with E-state index >= 15 is 0 Å². The molecule has 0 unspecified atom stereocenters. The highest BCUT2D eigenvalue weighted by molar-refractivity contribution is 5.96. The second-order valence-electron chi connectivity index (χ2n) is 5.03. The quantitative estimate of drug-likeness (QED) is 0.586. The smallest absolute Gasteiger partial charge is 0.251 e. The summed E-state index contributed by atoms with van der Waals surface area (Å²) in [5.74, 6) is -0.603. The molecule has 0 fully saturated rings. The highest BCUT2D eigenvalue weighted by Gasteiger charge is 2.21. The van der Waals surface area contributed by atoms with Crippen LogP contribution < -0.4 is 22.1 Å². The maximum absolute atomic E-state index is 11.6. The maximum atomic E-state index is 11.6. The van der Waals surface area contributed by atoms with Crippen LogP contribution >= 0.6 is 0 Å². The number of nitrogens with one attached hydrogen (secondary N) is 2. The molecule has 104 valence electrons. The van der Waals surface area contributed by atoms with Crippen molar-refractivity contribution in [3.05, 3.63) is 23.8 Å². The Morgan fingerprint density at radius 2 is 1.95 bits per heavy atom. The zero-order valence-corrected chi connectivity index (χ0v) is 11.4. The third-order valence-electron chi connectivity index (χ3n) is 2.63. The molecule has 0 bridgehead atoms. The van der Waals surface area contributed by atoms with Crippen LogP contribution in [0.2, 0.25) is 0 Å². The molecule has 6 nitrogen and oxygen atoms in total. The van der Waals surface area contributed by atoms with Gasteiger partial charge in [0.15, 0.2) is 0 Å². The van der Waals surface area contributed by atoms with Crippen LogP contribution in [-0.4, -0.2) is 24.4 Å². The van der Waals surface area contributed by atoms with E-state index in [1.54, 1.807) is 25.2 Å². The first-order valence-electron chi connectivity index (χ1n) is 5.93. The summed E-state index contributed by atoms with van der Waals surface area (Å²) >= 11 is 0. The number of hydrogen-bond acceptors (Lipinski definition) is 4. The molecule has 1 aromatic carbocycles. The molecule has 19 heavy (non-hydrogen) atoms. The van der Waals surface area contributed by atoms with Crippen molar-refractivity contribution < 1.29 is 9.59 Å². The van der Waals surface area contributed by atoms with E-state index in [4.69, 9.17) is 11.5 Å². The van der Waals surface area contributed by atoms with Crippen molar-refractivity contribution in [2.75, 3.05) is 18.1 Å². The van der Waals surface area contributed by atoms with Gasteiger partial charge in [-0.1, -0.05) is 0 Å². The molecule has 0 saturated heterocycles. The molecular formula is C13H20N4O2. The van der Waals surface area contributed by atoms with Gasteiger partial charge in [0.1, 0.15) is 0 Å². The van der Waals surface area contributed by atoms with E-state index in [1.165, 1.54) is 0 Å². The summed E-state index contributed by atoms with van der Waals surface area (Å²) < 4.78 is 0. The van der Waals surface area contributed by atoms with Crippen LogP contribution in [0.4, 0.5) is 11.4 Å². The molecule has 0 aliphatic carbocycles. The third-order valence-corrected chi connectivity index (χ3v) is 2.63. The monoisotopic (exact) mass is 264 g/mol. The summed E-state index contributed by atoms with van der Waals surface area (Å²) in [6.45, 7) is 3.67. The van der Waals surface area contributed by atoms with Gasteiger partial charge in [-0.05, 0) is 32.0 Å². The summed E-state index contributed by atoms with van der Waals surface area (Å²) in [6.07, 6.45) is 0.163. The average Bonchev–Trinajstić information content (AvgIpc) is 2.29. The maximum Gasteiger partial charge on any atom is 0.251 e. The number of amides is 2. The van der Waals surface area contributed by atoms with Crippen LogP contribution in [0, 0.1) is 0 Å². The van der Waals surface area contributed by atoms with Gasteiger partial charge in [-0.25, -0.2) is 0 Å². The molecule has 6 heteroatoms. The Labute approximate surface area is 112 Å². The molecule has 0 atom stereocenters. The molecule has 0 aliphatic rings. The number of primary amides is 1. The number of nitrogen functional groups attached to an aromatic ring is 1. The number of carbonyl (C=O) groups excluding carboxylic acids is 2. The van der Waals surface area contributed by atoms with E-state index in [0.717, 1.165) is 0 Å². The normalized spacial score (nSPS) is 10.9. The standard InChI is InChI=1S/C13H20N4O2/c1-13(2,7-11(15)18)17-10-6-8(12(19)16-3)4-5-9(10)14/h4-6,17H,7,14H2,1-3H3,(H2,15,18)(H,16,19). The Hall–Kier alpha value is -2.24. The van der Waals surface area contributed by atoms with Gasteiger partial charge in [0.25, 0.3) is 5.91 Å². The molecule has 0 aromatic heterocycles. The minimum atomic E-state index is -0.540. The number of nitrogens with two attached hydrogens (primary N) is 2. The van der Waals surface area contributed by atoms with Crippen molar-refractivity contribution in [3.63, 3.8) is 0 Å². The summed E-state index contributed by atoms with van der Waals surface area (Å²) in [5.41, 5.74) is 12.1. The van der Waals surface area contributed by atoms with E-state index in [0.29, 0.717) is 16.9 Å². The van der Waals surface area contributed by atoms with E-state index in [9.17, 15) is 9.59 Å². The second kappa shape index (κ2) is 5.60. The lowest BCUT2D eigenvalue weighted by molar-refractivity contribution is -0.118. The van der Waals surface area contributed by atoms with Crippen LogP contribution in [0.3, 0.4) is 0 Å². The van der Waals surface area contributed by atoms with E-state index in [2.05, 4.69) is 10.6 Å². The van der Waals surface area contributed by atoms with E-state index < -0.39 is 11.4 Å². The topological polar surface area (TPSA) is 110 Å². The summed E-state index contributed by atoms with van der Waals surface area (Å²) in [7, 11) is 1.56. The number of anilines is 2. The van der Waals surface area contributed by atoms with Gasteiger partial charge in [-0.3, -0.25) is 9.59 Å². The van der Waals surface area contributed by atoms with Crippen molar-refractivity contribution in [3.8, 4) is 0 Å². The molecule has 0 radical (unpaired) electrons.